The summed E-state index contributed by atoms with van der Waals surface area (Å²) in [7, 11) is 0. The molecule has 0 saturated carbocycles. The number of alkyl halides is 5. The lowest BCUT2D eigenvalue weighted by molar-refractivity contribution is -0.286. The van der Waals surface area contributed by atoms with Crippen LogP contribution in [0.25, 0.3) is 5.69 Å². The smallest absolute Gasteiger partial charge is 0.470 e. The molecular formula is C23H16F5N3O3. The number of benzene rings is 1. The number of pyridine rings is 1. The van der Waals surface area contributed by atoms with Gasteiger partial charge in [0.25, 0.3) is 0 Å². The molecular weight excluding hydrogens is 461 g/mol. The van der Waals surface area contributed by atoms with Crippen molar-refractivity contribution < 1.29 is 36.2 Å². The van der Waals surface area contributed by atoms with Gasteiger partial charge in [-0.15, -0.1) is 8.78 Å². The summed E-state index contributed by atoms with van der Waals surface area (Å²) in [6.07, 6.45) is -6.40. The molecule has 0 amide bonds. The third kappa shape index (κ3) is 4.11. The van der Waals surface area contributed by atoms with Crippen LogP contribution in [-0.4, -0.2) is 21.1 Å². The number of nitrogens with zero attached hydrogens (tertiary/aromatic N) is 3. The largest absolute Gasteiger partial charge is 0.586 e. The molecule has 11 heteroatoms. The Kier molecular flexibility index (Phi) is 5.11. The first-order valence-corrected chi connectivity index (χ1v) is 10.3. The van der Waals surface area contributed by atoms with Gasteiger partial charge in [-0.25, -0.2) is 9.67 Å². The Morgan fingerprint density at radius 2 is 1.94 bits per heavy atom. The van der Waals surface area contributed by atoms with Crippen molar-refractivity contribution in [3.63, 3.8) is 0 Å². The van der Waals surface area contributed by atoms with Gasteiger partial charge >= 0.3 is 12.5 Å². The SMILES string of the molecule is C[C@H](Oc1cc(-n2nc(C(F)(F)F)c3c2C#CCCC3)ccn1)c1ccc2c(c1)OC(F)(F)O2. The average Bonchev–Trinajstić information content (AvgIpc) is 3.19. The standard InChI is InChI=1S/C23H16F5N3O3/c1-13(14-7-8-18-19(11-14)34-23(27,28)33-18)32-20-12-15(9-10-29-20)31-17-6-4-2-3-5-16(17)21(30-31)22(24,25)26/h7-13H,2-3,5H2,1H3/t13-/m0/s1. The van der Waals surface area contributed by atoms with Crippen molar-refractivity contribution in [1.82, 2.24) is 14.8 Å². The number of hydrogen-bond acceptors (Lipinski definition) is 5. The monoisotopic (exact) mass is 477 g/mol. The van der Waals surface area contributed by atoms with Crippen molar-refractivity contribution >= 4 is 0 Å². The Hall–Kier alpha value is -3.81. The Labute approximate surface area is 190 Å². The second-order valence-corrected chi connectivity index (χ2v) is 7.73. The normalized spacial score (nSPS) is 16.8. The van der Waals surface area contributed by atoms with E-state index in [0.717, 1.165) is 4.68 Å². The number of rotatable bonds is 4. The highest BCUT2D eigenvalue weighted by atomic mass is 19.4. The van der Waals surface area contributed by atoms with Crippen molar-refractivity contribution in [2.45, 2.75) is 44.8 Å². The van der Waals surface area contributed by atoms with E-state index < -0.39 is 24.3 Å². The van der Waals surface area contributed by atoms with Crippen LogP contribution in [0.3, 0.4) is 0 Å². The molecule has 3 heterocycles. The van der Waals surface area contributed by atoms with E-state index in [1.165, 1.54) is 36.5 Å². The molecule has 0 N–H and O–H groups in total. The van der Waals surface area contributed by atoms with Crippen LogP contribution < -0.4 is 14.2 Å². The molecule has 0 unspecified atom stereocenters. The van der Waals surface area contributed by atoms with E-state index in [-0.39, 0.29) is 35.1 Å². The Morgan fingerprint density at radius 3 is 2.74 bits per heavy atom. The highest BCUT2D eigenvalue weighted by molar-refractivity contribution is 5.48. The summed E-state index contributed by atoms with van der Waals surface area (Å²) >= 11 is 0. The van der Waals surface area contributed by atoms with Crippen LogP contribution in [0.1, 0.15) is 48.4 Å². The lowest BCUT2D eigenvalue weighted by Gasteiger charge is -2.15. The first-order valence-electron chi connectivity index (χ1n) is 10.3. The fraction of sp³-hybridized carbons (Fsp3) is 0.304. The lowest BCUT2D eigenvalue weighted by Crippen LogP contribution is -2.25. The van der Waals surface area contributed by atoms with Crippen molar-refractivity contribution in [2.75, 3.05) is 0 Å². The van der Waals surface area contributed by atoms with Crippen LogP contribution in [0, 0.1) is 11.8 Å². The third-order valence-electron chi connectivity index (χ3n) is 5.34. The number of aromatic nitrogens is 3. The summed E-state index contributed by atoms with van der Waals surface area (Å²) in [4.78, 5) is 4.11. The molecule has 34 heavy (non-hydrogen) atoms. The van der Waals surface area contributed by atoms with Crippen LogP contribution >= 0.6 is 0 Å². The van der Waals surface area contributed by atoms with E-state index in [1.807, 2.05) is 0 Å². The molecule has 1 aliphatic carbocycles. The number of halogens is 5. The van der Waals surface area contributed by atoms with E-state index in [4.69, 9.17) is 4.74 Å². The first kappa shape index (κ1) is 22.0. The fourth-order valence-electron chi connectivity index (χ4n) is 3.79. The average molecular weight is 477 g/mol. The van der Waals surface area contributed by atoms with E-state index in [1.54, 1.807) is 6.92 Å². The van der Waals surface area contributed by atoms with Gasteiger partial charge in [0, 0.05) is 24.2 Å². The van der Waals surface area contributed by atoms with Crippen LogP contribution in [0.4, 0.5) is 22.0 Å². The zero-order chi connectivity index (χ0) is 24.1. The maximum Gasteiger partial charge on any atom is 0.586 e. The Morgan fingerprint density at radius 1 is 1.15 bits per heavy atom. The molecule has 0 saturated heterocycles. The molecule has 3 aromatic rings. The highest BCUT2D eigenvalue weighted by Crippen LogP contribution is 2.42. The number of ether oxygens (including phenoxy) is 3. The molecule has 1 atom stereocenters. The van der Waals surface area contributed by atoms with Crippen LogP contribution in [0.2, 0.25) is 0 Å². The molecule has 0 spiro atoms. The number of fused-ring (bicyclic) bond motifs is 2. The van der Waals surface area contributed by atoms with Crippen molar-refractivity contribution in [1.29, 1.82) is 0 Å². The summed E-state index contributed by atoms with van der Waals surface area (Å²) < 4.78 is 83.1. The minimum absolute atomic E-state index is 0.0716. The quantitative estimate of drug-likeness (QED) is 0.370. The first-order chi connectivity index (χ1) is 16.1. The van der Waals surface area contributed by atoms with Gasteiger partial charge in [-0.2, -0.15) is 18.3 Å². The topological polar surface area (TPSA) is 58.4 Å². The molecule has 0 fully saturated rings. The van der Waals surface area contributed by atoms with Crippen molar-refractivity contribution in [3.8, 4) is 34.9 Å². The van der Waals surface area contributed by atoms with Gasteiger partial charge in [-0.3, -0.25) is 0 Å². The molecule has 5 rings (SSSR count). The molecule has 2 aliphatic rings. The van der Waals surface area contributed by atoms with Gasteiger partial charge in [0.2, 0.25) is 5.88 Å². The second-order valence-electron chi connectivity index (χ2n) is 7.73. The maximum absolute atomic E-state index is 13.6. The zero-order valence-electron chi connectivity index (χ0n) is 17.6. The summed E-state index contributed by atoms with van der Waals surface area (Å²) in [5.41, 5.74) is 0.105. The second kappa shape index (κ2) is 7.90. The molecule has 1 aliphatic heterocycles. The molecule has 176 valence electrons. The summed E-state index contributed by atoms with van der Waals surface area (Å²) in [5.74, 6) is 5.56. The van der Waals surface area contributed by atoms with E-state index >= 15 is 0 Å². The predicted molar refractivity (Wildman–Crippen MR) is 108 cm³/mol. The van der Waals surface area contributed by atoms with Gasteiger partial charge in [-0.1, -0.05) is 12.0 Å². The van der Waals surface area contributed by atoms with Gasteiger partial charge in [0.15, 0.2) is 17.2 Å². The Balaban J connectivity index is 1.44. The molecule has 2 aromatic heterocycles. The summed E-state index contributed by atoms with van der Waals surface area (Å²) in [6, 6.07) is 7.18. The van der Waals surface area contributed by atoms with Crippen molar-refractivity contribution in [3.05, 3.63) is 59.0 Å². The van der Waals surface area contributed by atoms with E-state index in [9.17, 15) is 22.0 Å². The zero-order valence-corrected chi connectivity index (χ0v) is 17.6. The fourth-order valence-corrected chi connectivity index (χ4v) is 3.79. The van der Waals surface area contributed by atoms with Crippen molar-refractivity contribution in [2.24, 2.45) is 0 Å². The number of hydrogen-bond donors (Lipinski definition) is 0. The van der Waals surface area contributed by atoms with Crippen LogP contribution in [0.5, 0.6) is 17.4 Å². The molecule has 6 nitrogen and oxygen atoms in total. The van der Waals surface area contributed by atoms with Crippen LogP contribution in [-0.2, 0) is 12.6 Å². The van der Waals surface area contributed by atoms with Gasteiger partial charge in [0.1, 0.15) is 11.8 Å². The van der Waals surface area contributed by atoms with Gasteiger partial charge in [-0.05, 0) is 49.4 Å². The molecule has 1 aromatic carbocycles. The van der Waals surface area contributed by atoms with E-state index in [0.29, 0.717) is 24.1 Å². The molecule has 0 radical (unpaired) electrons. The third-order valence-corrected chi connectivity index (χ3v) is 5.34. The highest BCUT2D eigenvalue weighted by Gasteiger charge is 2.43. The van der Waals surface area contributed by atoms with Gasteiger partial charge in [0.05, 0.1) is 5.69 Å². The lowest BCUT2D eigenvalue weighted by atomic mass is 10.1. The summed E-state index contributed by atoms with van der Waals surface area (Å²) in [5, 5.41) is 3.81. The Bertz CT molecular complexity index is 1320. The minimum atomic E-state index is -4.61. The predicted octanol–water partition coefficient (Wildman–Crippen LogP) is 5.44. The van der Waals surface area contributed by atoms with E-state index in [2.05, 4.69) is 31.4 Å². The summed E-state index contributed by atoms with van der Waals surface area (Å²) in [6.45, 7) is 1.66. The molecule has 0 bridgehead atoms. The minimum Gasteiger partial charge on any atom is -0.470 e. The van der Waals surface area contributed by atoms with Crippen LogP contribution in [0.15, 0.2) is 36.5 Å². The van der Waals surface area contributed by atoms with Gasteiger partial charge < -0.3 is 14.2 Å². The maximum atomic E-state index is 13.6.